The molecular weight excluding hydrogens is 260 g/mol. The first kappa shape index (κ1) is 17.2. The van der Waals surface area contributed by atoms with Crippen LogP contribution < -0.4 is 5.32 Å². The monoisotopic (exact) mass is 296 g/mol. The van der Waals surface area contributed by atoms with E-state index in [1.54, 1.807) is 0 Å². The van der Waals surface area contributed by atoms with Crippen molar-refractivity contribution in [3.8, 4) is 0 Å². The molecule has 124 valence electrons. The Morgan fingerprint density at radius 1 is 1.29 bits per heavy atom. The molecule has 1 aliphatic heterocycles. The van der Waals surface area contributed by atoms with E-state index in [0.29, 0.717) is 18.6 Å². The van der Waals surface area contributed by atoms with Gasteiger partial charge in [0.1, 0.15) is 0 Å². The summed E-state index contributed by atoms with van der Waals surface area (Å²) in [5.41, 5.74) is -0.00584. The summed E-state index contributed by atoms with van der Waals surface area (Å²) in [5.74, 6) is 1.56. The molecule has 0 amide bonds. The van der Waals surface area contributed by atoms with Crippen LogP contribution in [-0.2, 0) is 0 Å². The quantitative estimate of drug-likeness (QED) is 0.758. The van der Waals surface area contributed by atoms with Crippen LogP contribution in [-0.4, -0.2) is 47.8 Å². The summed E-state index contributed by atoms with van der Waals surface area (Å²) in [7, 11) is 0. The molecule has 21 heavy (non-hydrogen) atoms. The van der Waals surface area contributed by atoms with Gasteiger partial charge in [-0.1, -0.05) is 33.6 Å². The van der Waals surface area contributed by atoms with Crippen LogP contribution in [0.2, 0.25) is 0 Å². The Labute approximate surface area is 131 Å². The van der Waals surface area contributed by atoms with Gasteiger partial charge in [-0.3, -0.25) is 0 Å². The lowest BCUT2D eigenvalue weighted by atomic mass is 9.84. The molecule has 0 radical (unpaired) electrons. The maximum atomic E-state index is 9.98. The zero-order valence-corrected chi connectivity index (χ0v) is 14.4. The van der Waals surface area contributed by atoms with E-state index in [9.17, 15) is 5.11 Å². The van der Waals surface area contributed by atoms with E-state index in [1.807, 2.05) is 0 Å². The van der Waals surface area contributed by atoms with Gasteiger partial charge in [0.05, 0.1) is 6.61 Å². The van der Waals surface area contributed by atoms with Crippen LogP contribution in [0.1, 0.15) is 65.7 Å². The lowest BCUT2D eigenvalue weighted by Crippen LogP contribution is -2.54. The van der Waals surface area contributed by atoms with Crippen LogP contribution in [0.3, 0.4) is 0 Å². The van der Waals surface area contributed by atoms with Gasteiger partial charge in [0, 0.05) is 18.1 Å². The Morgan fingerprint density at radius 2 is 2.10 bits per heavy atom. The van der Waals surface area contributed by atoms with E-state index >= 15 is 0 Å². The highest BCUT2D eigenvalue weighted by Crippen LogP contribution is 2.38. The molecular formula is C18H36N2O. The molecule has 0 spiro atoms. The highest BCUT2D eigenvalue weighted by atomic mass is 16.3. The number of likely N-dealkylation sites (tertiary alicyclic amines) is 1. The standard InChI is InChI=1S/C18H36N2O/c1-4-16-7-6-11-20(13-16)12-9-17-8-5-10-18(17,14-21)19-15(2)3/h15-17,19,21H,4-14H2,1-3H3. The predicted octanol–water partition coefficient (Wildman–Crippen LogP) is 3.03. The molecule has 2 N–H and O–H groups in total. The summed E-state index contributed by atoms with van der Waals surface area (Å²) in [6, 6.07) is 0.456. The fraction of sp³-hybridized carbons (Fsp3) is 1.00. The van der Waals surface area contributed by atoms with Crippen molar-refractivity contribution in [1.82, 2.24) is 10.2 Å². The molecule has 1 aliphatic carbocycles. The van der Waals surface area contributed by atoms with Crippen LogP contribution in [0, 0.1) is 11.8 Å². The summed E-state index contributed by atoms with van der Waals surface area (Å²) < 4.78 is 0. The van der Waals surface area contributed by atoms with Crippen molar-refractivity contribution in [3.63, 3.8) is 0 Å². The average Bonchev–Trinajstić information content (AvgIpc) is 2.87. The number of rotatable bonds is 7. The van der Waals surface area contributed by atoms with Gasteiger partial charge in [-0.2, -0.15) is 0 Å². The maximum Gasteiger partial charge on any atom is 0.0616 e. The summed E-state index contributed by atoms with van der Waals surface area (Å²) in [4.78, 5) is 2.67. The number of nitrogens with one attached hydrogen (secondary N) is 1. The Bertz CT molecular complexity index is 308. The van der Waals surface area contributed by atoms with E-state index in [0.717, 1.165) is 12.3 Å². The lowest BCUT2D eigenvalue weighted by molar-refractivity contribution is 0.0955. The van der Waals surface area contributed by atoms with Crippen LogP contribution in [0.15, 0.2) is 0 Å². The number of aliphatic hydroxyl groups excluding tert-OH is 1. The zero-order chi connectivity index (χ0) is 15.3. The number of aliphatic hydroxyl groups is 1. The van der Waals surface area contributed by atoms with Gasteiger partial charge in [0.15, 0.2) is 0 Å². The van der Waals surface area contributed by atoms with Gasteiger partial charge in [0.25, 0.3) is 0 Å². The highest BCUT2D eigenvalue weighted by Gasteiger charge is 2.42. The Kier molecular flexibility index (Phi) is 6.51. The number of hydrogen-bond donors (Lipinski definition) is 2. The lowest BCUT2D eigenvalue weighted by Gasteiger charge is -2.39. The van der Waals surface area contributed by atoms with Crippen molar-refractivity contribution in [1.29, 1.82) is 0 Å². The molecule has 0 aromatic carbocycles. The minimum atomic E-state index is -0.00584. The van der Waals surface area contributed by atoms with Crippen LogP contribution in [0.5, 0.6) is 0 Å². The number of nitrogens with zero attached hydrogens (tertiary/aromatic N) is 1. The van der Waals surface area contributed by atoms with Crippen molar-refractivity contribution in [3.05, 3.63) is 0 Å². The van der Waals surface area contributed by atoms with Gasteiger partial charge in [-0.25, -0.2) is 0 Å². The maximum absolute atomic E-state index is 9.98. The van der Waals surface area contributed by atoms with Gasteiger partial charge < -0.3 is 15.3 Å². The SMILES string of the molecule is CCC1CCCN(CCC2CCCC2(CO)NC(C)C)C1. The Morgan fingerprint density at radius 3 is 2.76 bits per heavy atom. The molecule has 0 aromatic rings. The van der Waals surface area contributed by atoms with Gasteiger partial charge in [-0.15, -0.1) is 0 Å². The van der Waals surface area contributed by atoms with E-state index in [1.165, 1.54) is 58.2 Å². The van der Waals surface area contributed by atoms with Crippen molar-refractivity contribution in [2.24, 2.45) is 11.8 Å². The Hall–Kier alpha value is -0.120. The van der Waals surface area contributed by atoms with Crippen LogP contribution in [0.25, 0.3) is 0 Å². The summed E-state index contributed by atoms with van der Waals surface area (Å²) in [6.07, 6.45) is 9.06. The highest BCUT2D eigenvalue weighted by molar-refractivity contribution is 5.00. The van der Waals surface area contributed by atoms with E-state index in [-0.39, 0.29) is 5.54 Å². The van der Waals surface area contributed by atoms with Gasteiger partial charge >= 0.3 is 0 Å². The number of piperidine rings is 1. The van der Waals surface area contributed by atoms with E-state index in [4.69, 9.17) is 0 Å². The van der Waals surface area contributed by atoms with Crippen LogP contribution in [0.4, 0.5) is 0 Å². The number of hydrogen-bond acceptors (Lipinski definition) is 3. The normalized spacial score (nSPS) is 34.7. The molecule has 3 nitrogen and oxygen atoms in total. The van der Waals surface area contributed by atoms with Crippen LogP contribution >= 0.6 is 0 Å². The third kappa shape index (κ3) is 4.43. The molecule has 3 heteroatoms. The summed E-state index contributed by atoms with van der Waals surface area (Å²) in [5, 5.41) is 13.7. The molecule has 3 atom stereocenters. The smallest absolute Gasteiger partial charge is 0.0616 e. The zero-order valence-electron chi connectivity index (χ0n) is 14.4. The molecule has 2 aliphatic rings. The van der Waals surface area contributed by atoms with Crippen molar-refractivity contribution >= 4 is 0 Å². The first-order chi connectivity index (χ1) is 10.1. The van der Waals surface area contributed by atoms with E-state index < -0.39 is 0 Å². The summed E-state index contributed by atoms with van der Waals surface area (Å²) in [6.45, 7) is 10.8. The second kappa shape index (κ2) is 7.94. The van der Waals surface area contributed by atoms with Crippen molar-refractivity contribution in [2.45, 2.75) is 77.3 Å². The molecule has 1 saturated carbocycles. The predicted molar refractivity (Wildman–Crippen MR) is 89.5 cm³/mol. The molecule has 0 aromatic heterocycles. The first-order valence-electron chi connectivity index (χ1n) is 9.20. The Balaban J connectivity index is 1.86. The second-order valence-electron chi connectivity index (χ2n) is 7.71. The summed E-state index contributed by atoms with van der Waals surface area (Å²) >= 11 is 0. The molecule has 1 saturated heterocycles. The minimum Gasteiger partial charge on any atom is -0.394 e. The molecule has 2 fully saturated rings. The van der Waals surface area contributed by atoms with Crippen molar-refractivity contribution in [2.75, 3.05) is 26.2 Å². The average molecular weight is 296 g/mol. The van der Waals surface area contributed by atoms with Crippen molar-refractivity contribution < 1.29 is 5.11 Å². The second-order valence-corrected chi connectivity index (χ2v) is 7.71. The molecule has 3 unspecified atom stereocenters. The molecule has 1 heterocycles. The fourth-order valence-electron chi connectivity index (χ4n) is 4.61. The minimum absolute atomic E-state index is 0.00584. The first-order valence-corrected chi connectivity index (χ1v) is 9.20. The largest absolute Gasteiger partial charge is 0.394 e. The fourth-order valence-corrected chi connectivity index (χ4v) is 4.61. The molecule has 0 bridgehead atoms. The van der Waals surface area contributed by atoms with E-state index in [2.05, 4.69) is 31.0 Å². The third-order valence-electron chi connectivity index (χ3n) is 5.79. The van der Waals surface area contributed by atoms with Gasteiger partial charge in [-0.05, 0) is 57.0 Å². The third-order valence-corrected chi connectivity index (χ3v) is 5.79. The van der Waals surface area contributed by atoms with Gasteiger partial charge in [0.2, 0.25) is 0 Å². The topological polar surface area (TPSA) is 35.5 Å². The molecule has 2 rings (SSSR count).